The number of aromatic nitrogens is 4. The Morgan fingerprint density at radius 1 is 1.44 bits per heavy atom. The van der Waals surface area contributed by atoms with Crippen LogP contribution in [0.4, 0.5) is 5.13 Å². The number of rotatable bonds is 8. The molecule has 2 atom stereocenters. The average molecular weight is 515 g/mol. The van der Waals surface area contributed by atoms with Crippen molar-refractivity contribution in [3.8, 4) is 0 Å². The molecule has 2 amide bonds. The summed E-state index contributed by atoms with van der Waals surface area (Å²) in [5, 5.41) is 32.9. The quantitative estimate of drug-likeness (QED) is 0.0801. The van der Waals surface area contributed by atoms with Gasteiger partial charge in [-0.15, -0.1) is 34.9 Å². The van der Waals surface area contributed by atoms with E-state index in [4.69, 9.17) is 5.73 Å². The molecular formula is C15H14N8O5S4. The second kappa shape index (κ2) is 9.39. The lowest BCUT2D eigenvalue weighted by Crippen LogP contribution is -2.71. The first-order valence-electron chi connectivity index (χ1n) is 8.67. The van der Waals surface area contributed by atoms with Crippen molar-refractivity contribution in [2.75, 3.05) is 16.6 Å². The van der Waals surface area contributed by atoms with Crippen LogP contribution in [0.15, 0.2) is 32.6 Å². The average Bonchev–Trinajstić information content (AvgIpc) is 3.44. The molecule has 0 aromatic carbocycles. The fourth-order valence-corrected chi connectivity index (χ4v) is 7.03. The number of H-pyrrole nitrogens is 1. The van der Waals surface area contributed by atoms with Crippen molar-refractivity contribution in [3.63, 3.8) is 0 Å². The van der Waals surface area contributed by atoms with Gasteiger partial charge in [0.2, 0.25) is 0 Å². The number of amides is 2. The molecular weight excluding hydrogens is 500 g/mol. The number of thiazole rings is 1. The molecule has 0 bridgehead atoms. The Kier molecular flexibility index (Phi) is 6.58. The molecule has 0 spiro atoms. The number of nitrogens with one attached hydrogen (secondary N) is 2. The summed E-state index contributed by atoms with van der Waals surface area (Å²) in [5.41, 5.74) is 5.12. The number of hydrogen-bond donors (Lipinski definition) is 5. The summed E-state index contributed by atoms with van der Waals surface area (Å²) >= 11 is 5.05. The van der Waals surface area contributed by atoms with E-state index in [0.29, 0.717) is 20.9 Å². The number of thioether (sulfide) groups is 3. The molecule has 13 nitrogen and oxygen atoms in total. The monoisotopic (exact) mass is 514 g/mol. The van der Waals surface area contributed by atoms with Gasteiger partial charge in [0.05, 0.1) is 5.08 Å². The summed E-state index contributed by atoms with van der Waals surface area (Å²) in [6, 6.07) is -0.968. The van der Waals surface area contributed by atoms with Crippen molar-refractivity contribution in [3.05, 3.63) is 28.0 Å². The molecule has 2 aliphatic heterocycles. The van der Waals surface area contributed by atoms with E-state index in [0.717, 1.165) is 11.3 Å². The molecule has 2 aromatic rings. The van der Waals surface area contributed by atoms with Gasteiger partial charge in [0, 0.05) is 16.0 Å². The molecule has 2 aliphatic rings. The lowest BCUT2D eigenvalue weighted by molar-refractivity contribution is -0.150. The van der Waals surface area contributed by atoms with E-state index < -0.39 is 29.2 Å². The molecule has 0 aliphatic carbocycles. The maximum atomic E-state index is 12.7. The lowest BCUT2D eigenvalue weighted by atomic mass is 10.0. The first-order valence-corrected chi connectivity index (χ1v) is 12.6. The van der Waals surface area contributed by atoms with Crippen LogP contribution in [0.2, 0.25) is 0 Å². The molecule has 4 rings (SSSR count). The zero-order chi connectivity index (χ0) is 22.8. The number of nitrogen functional groups attached to an aromatic ring is 1. The highest BCUT2D eigenvalue weighted by Crippen LogP contribution is 2.44. The Balaban J connectivity index is 1.44. The van der Waals surface area contributed by atoms with Crippen LogP contribution in [0.25, 0.3) is 0 Å². The van der Waals surface area contributed by atoms with Crippen LogP contribution in [0.1, 0.15) is 5.69 Å². The zero-order valence-electron chi connectivity index (χ0n) is 15.8. The highest BCUT2D eigenvalue weighted by molar-refractivity contribution is 8.18. The number of carboxylic acids is 1. The van der Waals surface area contributed by atoms with E-state index in [9.17, 15) is 24.7 Å². The molecule has 168 valence electrons. The van der Waals surface area contributed by atoms with E-state index in [-0.39, 0.29) is 22.2 Å². The minimum atomic E-state index is -1.23. The molecule has 1 saturated heterocycles. The fraction of sp³-hybridized carbons (Fsp3) is 0.267. The topological polar surface area (TPSA) is 200 Å². The number of carbonyl (C=O) groups excluding carboxylic acids is 2. The smallest absolute Gasteiger partial charge is 0.353 e. The number of nitrogens with two attached hydrogens (primary N) is 1. The number of aliphatic carboxylic acids is 1. The van der Waals surface area contributed by atoms with E-state index in [2.05, 4.69) is 30.6 Å². The zero-order valence-corrected chi connectivity index (χ0v) is 19.1. The van der Waals surface area contributed by atoms with Gasteiger partial charge >= 0.3 is 5.97 Å². The number of oxime groups is 1. The molecule has 0 unspecified atom stereocenters. The summed E-state index contributed by atoms with van der Waals surface area (Å²) in [7, 11) is 0. The maximum absolute atomic E-state index is 12.7. The second-order valence-corrected chi connectivity index (χ2v) is 10.5. The molecule has 1 fully saturated rings. The molecule has 0 radical (unpaired) electrons. The van der Waals surface area contributed by atoms with Crippen molar-refractivity contribution >= 4 is 75.2 Å². The van der Waals surface area contributed by atoms with Crippen molar-refractivity contribution < 1.29 is 24.7 Å². The van der Waals surface area contributed by atoms with Gasteiger partial charge in [-0.1, -0.05) is 16.9 Å². The number of anilines is 1. The molecule has 6 N–H and O–H groups in total. The molecule has 17 heteroatoms. The minimum Gasteiger partial charge on any atom is -0.477 e. The number of nitrogens with zero attached hydrogens (tertiary/aromatic N) is 5. The first-order chi connectivity index (χ1) is 15.4. The predicted octanol–water partition coefficient (Wildman–Crippen LogP) is 0.201. The number of carbonyl (C=O) groups is 3. The van der Waals surface area contributed by atoms with Crippen LogP contribution in [-0.2, 0) is 14.4 Å². The summed E-state index contributed by atoms with van der Waals surface area (Å²) in [6.07, 6.45) is 1.37. The number of β-lactam (4-membered cyclic amide) rings is 1. The Bertz CT molecular complexity index is 1120. The molecule has 4 heterocycles. The lowest BCUT2D eigenvalue weighted by Gasteiger charge is -2.49. The third-order valence-corrected chi connectivity index (χ3v) is 8.56. The van der Waals surface area contributed by atoms with Gasteiger partial charge in [0.15, 0.2) is 16.0 Å². The van der Waals surface area contributed by atoms with Crippen LogP contribution in [0, 0.1) is 0 Å². The van der Waals surface area contributed by atoms with Crippen LogP contribution in [0.5, 0.6) is 0 Å². The SMILES string of the molecule is Nc1nc(/C(=N/O)C(=O)N[C@@H]2C(=O)N3C(C(=O)O)=C(SCSc4ncn[nH]4)CS[C@H]23)cs1. The minimum absolute atomic E-state index is 0.0708. The molecule has 0 saturated carbocycles. The maximum Gasteiger partial charge on any atom is 0.353 e. The van der Waals surface area contributed by atoms with Crippen molar-refractivity contribution in [2.45, 2.75) is 16.6 Å². The number of fused-ring (bicyclic) bond motifs is 1. The van der Waals surface area contributed by atoms with Crippen molar-refractivity contribution in [2.24, 2.45) is 5.16 Å². The normalized spacial score (nSPS) is 20.7. The predicted molar refractivity (Wildman–Crippen MR) is 119 cm³/mol. The van der Waals surface area contributed by atoms with E-state index >= 15 is 0 Å². The van der Waals surface area contributed by atoms with Gasteiger partial charge < -0.3 is 21.4 Å². The fourth-order valence-electron chi connectivity index (χ4n) is 2.94. The molecule has 32 heavy (non-hydrogen) atoms. The highest BCUT2D eigenvalue weighted by Gasteiger charge is 2.54. The third-order valence-electron chi connectivity index (χ3n) is 4.32. The van der Waals surface area contributed by atoms with E-state index in [1.807, 2.05) is 0 Å². The highest BCUT2D eigenvalue weighted by atomic mass is 32.2. The van der Waals surface area contributed by atoms with Crippen LogP contribution in [-0.4, -0.2) is 81.1 Å². The Labute approximate surface area is 196 Å². The van der Waals surface area contributed by atoms with Gasteiger partial charge in [-0.25, -0.2) is 14.8 Å². The van der Waals surface area contributed by atoms with Gasteiger partial charge in [-0.05, 0) is 0 Å². The Hall–Kier alpha value is -2.76. The van der Waals surface area contributed by atoms with Crippen molar-refractivity contribution in [1.29, 1.82) is 0 Å². The van der Waals surface area contributed by atoms with Crippen LogP contribution < -0.4 is 11.1 Å². The Morgan fingerprint density at radius 2 is 2.25 bits per heavy atom. The van der Waals surface area contributed by atoms with E-state index in [1.54, 1.807) is 0 Å². The van der Waals surface area contributed by atoms with Gasteiger partial charge in [0.25, 0.3) is 11.8 Å². The Morgan fingerprint density at radius 3 is 2.88 bits per heavy atom. The number of hydrogen-bond acceptors (Lipinski definition) is 13. The van der Waals surface area contributed by atoms with Gasteiger partial charge in [0.1, 0.15) is 29.1 Å². The first kappa shape index (κ1) is 22.4. The van der Waals surface area contributed by atoms with Crippen molar-refractivity contribution in [1.82, 2.24) is 30.4 Å². The summed E-state index contributed by atoms with van der Waals surface area (Å²) in [5.74, 6) is -2.26. The summed E-state index contributed by atoms with van der Waals surface area (Å²) in [6.45, 7) is 0. The largest absolute Gasteiger partial charge is 0.477 e. The number of aromatic amines is 1. The third kappa shape index (κ3) is 4.27. The van der Waals surface area contributed by atoms with E-state index in [1.165, 1.54) is 51.9 Å². The standard InChI is InChI=1S/C15H14N8O5S4/c16-14-19-5(1-30-14)7(22-28)10(24)20-8-11(25)23-9(13(26)27)6(2-29-12(8)23)31-4-32-15-17-3-18-21-15/h1,3,8,12,28H,2,4H2,(H2,16,19)(H,20,24)(H,26,27)(H,17,18,21)/b22-7-/t8-,12-/m1/s1. The molecule has 2 aromatic heterocycles. The van der Waals surface area contributed by atoms with Crippen LogP contribution in [0.3, 0.4) is 0 Å². The van der Waals surface area contributed by atoms with Crippen LogP contribution >= 0.6 is 46.6 Å². The second-order valence-electron chi connectivity index (χ2n) is 6.15. The summed E-state index contributed by atoms with van der Waals surface area (Å²) in [4.78, 5) is 46.7. The van der Waals surface area contributed by atoms with Gasteiger partial charge in [-0.3, -0.25) is 19.6 Å². The summed E-state index contributed by atoms with van der Waals surface area (Å²) < 4.78 is 0. The van der Waals surface area contributed by atoms with Gasteiger partial charge in [-0.2, -0.15) is 5.10 Å². The number of carboxylic acid groups (broad SMARTS) is 1.